The van der Waals surface area contributed by atoms with Crippen LogP contribution < -0.4 is 4.90 Å². The summed E-state index contributed by atoms with van der Waals surface area (Å²) in [6, 6.07) is 10.3. The molecule has 0 amide bonds. The fourth-order valence-electron chi connectivity index (χ4n) is 2.22. The second-order valence-corrected chi connectivity index (χ2v) is 4.35. The van der Waals surface area contributed by atoms with Crippen LogP contribution in [0.15, 0.2) is 30.3 Å². The molecule has 1 heterocycles. The number of anilines is 1. The third kappa shape index (κ3) is 3.85. The lowest BCUT2D eigenvalue weighted by Crippen LogP contribution is -2.50. The Hall–Kier alpha value is -0.810. The molecule has 1 aliphatic rings. The summed E-state index contributed by atoms with van der Waals surface area (Å²) in [6.07, 6.45) is -0.0661. The number of halogens is 1. The van der Waals surface area contributed by atoms with Crippen LogP contribution in [0, 0.1) is 0 Å². The van der Waals surface area contributed by atoms with E-state index in [0.29, 0.717) is 6.42 Å². The van der Waals surface area contributed by atoms with Gasteiger partial charge in [-0.15, -0.1) is 12.4 Å². The highest BCUT2D eigenvalue weighted by atomic mass is 35.5. The first-order chi connectivity index (χ1) is 8.31. The predicted molar refractivity (Wildman–Crippen MR) is 75.2 cm³/mol. The quantitative estimate of drug-likeness (QED) is 0.856. The number of hydrogen-bond donors (Lipinski definition) is 2. The average Bonchev–Trinajstić information content (AvgIpc) is 2.40. The van der Waals surface area contributed by atoms with Gasteiger partial charge in [-0.3, -0.25) is 4.90 Å². The van der Waals surface area contributed by atoms with Gasteiger partial charge in [-0.2, -0.15) is 0 Å². The zero-order valence-corrected chi connectivity index (χ0v) is 11.2. The minimum Gasteiger partial charge on any atom is -0.396 e. The number of piperazine rings is 1. The molecule has 5 heteroatoms. The van der Waals surface area contributed by atoms with E-state index in [1.54, 1.807) is 0 Å². The number of rotatable bonds is 4. The number of aliphatic hydroxyl groups excluding tert-OH is 2. The van der Waals surface area contributed by atoms with E-state index in [-0.39, 0.29) is 19.0 Å². The minimum absolute atomic E-state index is 0. The third-order valence-corrected chi connectivity index (χ3v) is 3.24. The van der Waals surface area contributed by atoms with Gasteiger partial charge in [0.1, 0.15) is 6.23 Å². The second kappa shape index (κ2) is 7.59. The Bertz CT molecular complexity index is 329. The molecule has 1 unspecified atom stereocenters. The molecule has 2 N–H and O–H groups in total. The van der Waals surface area contributed by atoms with Crippen molar-refractivity contribution in [1.29, 1.82) is 0 Å². The van der Waals surface area contributed by atoms with Crippen LogP contribution >= 0.6 is 12.4 Å². The van der Waals surface area contributed by atoms with Crippen LogP contribution in [-0.2, 0) is 0 Å². The molecule has 1 atom stereocenters. The smallest absolute Gasteiger partial charge is 0.109 e. The molecule has 1 fully saturated rings. The summed E-state index contributed by atoms with van der Waals surface area (Å²) < 4.78 is 0. The maximum absolute atomic E-state index is 9.78. The van der Waals surface area contributed by atoms with Gasteiger partial charge >= 0.3 is 0 Å². The van der Waals surface area contributed by atoms with Crippen molar-refractivity contribution in [2.45, 2.75) is 12.6 Å². The number of aliphatic hydroxyl groups is 2. The van der Waals surface area contributed by atoms with Gasteiger partial charge in [0, 0.05) is 44.9 Å². The lowest BCUT2D eigenvalue weighted by atomic mass is 10.2. The molecular weight excluding hydrogens is 252 g/mol. The standard InChI is InChI=1S/C13H20N2O2.ClH/c16-11-6-13(17)15-9-7-14(8-10-15)12-4-2-1-3-5-12;/h1-5,13,16-17H,6-11H2;1H. The first-order valence-corrected chi connectivity index (χ1v) is 6.14. The van der Waals surface area contributed by atoms with E-state index in [1.807, 2.05) is 23.1 Å². The highest BCUT2D eigenvalue weighted by Gasteiger charge is 2.21. The SMILES string of the molecule is Cl.OCCC(O)N1CCN(c2ccccc2)CC1. The Labute approximate surface area is 114 Å². The topological polar surface area (TPSA) is 46.9 Å². The monoisotopic (exact) mass is 272 g/mol. The van der Waals surface area contributed by atoms with Crippen LogP contribution in [0.5, 0.6) is 0 Å². The normalized spacial score (nSPS) is 18.2. The molecule has 0 radical (unpaired) electrons. The molecular formula is C13H21ClN2O2. The van der Waals surface area contributed by atoms with Crippen molar-refractivity contribution in [3.63, 3.8) is 0 Å². The van der Waals surface area contributed by atoms with Gasteiger partial charge in [0.05, 0.1) is 0 Å². The summed E-state index contributed by atoms with van der Waals surface area (Å²) in [5.41, 5.74) is 1.24. The average molecular weight is 273 g/mol. The minimum atomic E-state index is -0.502. The number of benzene rings is 1. The van der Waals surface area contributed by atoms with Crippen molar-refractivity contribution < 1.29 is 10.2 Å². The van der Waals surface area contributed by atoms with E-state index >= 15 is 0 Å². The number of hydrogen-bond acceptors (Lipinski definition) is 4. The second-order valence-electron chi connectivity index (χ2n) is 4.35. The van der Waals surface area contributed by atoms with Gasteiger partial charge in [-0.25, -0.2) is 0 Å². The Morgan fingerprint density at radius 1 is 1.06 bits per heavy atom. The van der Waals surface area contributed by atoms with Gasteiger partial charge in [0.2, 0.25) is 0 Å². The van der Waals surface area contributed by atoms with E-state index in [1.165, 1.54) is 5.69 Å². The van der Waals surface area contributed by atoms with Crippen molar-refractivity contribution in [3.8, 4) is 0 Å². The van der Waals surface area contributed by atoms with E-state index in [9.17, 15) is 5.11 Å². The molecule has 2 rings (SSSR count). The maximum Gasteiger partial charge on any atom is 0.109 e. The highest BCUT2D eigenvalue weighted by molar-refractivity contribution is 5.85. The molecule has 18 heavy (non-hydrogen) atoms. The Morgan fingerprint density at radius 2 is 1.67 bits per heavy atom. The molecule has 1 aromatic carbocycles. The summed E-state index contributed by atoms with van der Waals surface area (Å²) in [5.74, 6) is 0. The lowest BCUT2D eigenvalue weighted by Gasteiger charge is -2.38. The van der Waals surface area contributed by atoms with E-state index in [4.69, 9.17) is 5.11 Å². The first-order valence-electron chi connectivity index (χ1n) is 6.14. The van der Waals surface area contributed by atoms with E-state index in [0.717, 1.165) is 26.2 Å². The molecule has 4 nitrogen and oxygen atoms in total. The zero-order valence-electron chi connectivity index (χ0n) is 10.4. The molecule has 0 saturated carbocycles. The third-order valence-electron chi connectivity index (χ3n) is 3.24. The summed E-state index contributed by atoms with van der Waals surface area (Å²) in [7, 11) is 0. The Morgan fingerprint density at radius 3 is 2.22 bits per heavy atom. The van der Waals surface area contributed by atoms with Crippen molar-refractivity contribution in [2.24, 2.45) is 0 Å². The van der Waals surface area contributed by atoms with Crippen molar-refractivity contribution in [1.82, 2.24) is 4.90 Å². The number of para-hydroxylation sites is 1. The van der Waals surface area contributed by atoms with E-state index in [2.05, 4.69) is 17.0 Å². The molecule has 1 aliphatic heterocycles. The van der Waals surface area contributed by atoms with Crippen LogP contribution in [0.3, 0.4) is 0 Å². The van der Waals surface area contributed by atoms with Crippen LogP contribution in [0.1, 0.15) is 6.42 Å². The van der Waals surface area contributed by atoms with Gasteiger partial charge in [-0.05, 0) is 12.1 Å². The van der Waals surface area contributed by atoms with Crippen LogP contribution in [0.4, 0.5) is 5.69 Å². The summed E-state index contributed by atoms with van der Waals surface area (Å²) in [6.45, 7) is 3.57. The summed E-state index contributed by atoms with van der Waals surface area (Å²) in [5, 5.41) is 18.6. The fourth-order valence-corrected chi connectivity index (χ4v) is 2.22. The largest absolute Gasteiger partial charge is 0.396 e. The molecule has 1 saturated heterocycles. The fraction of sp³-hybridized carbons (Fsp3) is 0.538. The van der Waals surface area contributed by atoms with Crippen LogP contribution in [-0.4, -0.2) is 54.1 Å². The van der Waals surface area contributed by atoms with Crippen molar-refractivity contribution in [2.75, 3.05) is 37.7 Å². The lowest BCUT2D eigenvalue weighted by molar-refractivity contribution is -0.0154. The van der Waals surface area contributed by atoms with Gasteiger partial charge in [0.25, 0.3) is 0 Å². The first kappa shape index (κ1) is 15.2. The molecule has 0 bridgehead atoms. The Kier molecular flexibility index (Phi) is 6.43. The molecule has 0 spiro atoms. The highest BCUT2D eigenvalue weighted by Crippen LogP contribution is 2.16. The predicted octanol–water partition coefficient (Wildman–Crippen LogP) is 0.931. The van der Waals surface area contributed by atoms with Gasteiger partial charge < -0.3 is 15.1 Å². The maximum atomic E-state index is 9.78. The molecule has 0 aromatic heterocycles. The van der Waals surface area contributed by atoms with Crippen LogP contribution in [0.25, 0.3) is 0 Å². The van der Waals surface area contributed by atoms with Gasteiger partial charge in [-0.1, -0.05) is 18.2 Å². The Balaban J connectivity index is 0.00000162. The van der Waals surface area contributed by atoms with Crippen molar-refractivity contribution in [3.05, 3.63) is 30.3 Å². The van der Waals surface area contributed by atoms with Gasteiger partial charge in [0.15, 0.2) is 0 Å². The molecule has 0 aliphatic carbocycles. The zero-order chi connectivity index (χ0) is 12.1. The van der Waals surface area contributed by atoms with E-state index < -0.39 is 6.23 Å². The molecule has 102 valence electrons. The number of nitrogens with zero attached hydrogens (tertiary/aromatic N) is 2. The molecule has 1 aromatic rings. The van der Waals surface area contributed by atoms with Crippen LogP contribution in [0.2, 0.25) is 0 Å². The summed E-state index contributed by atoms with van der Waals surface area (Å²) >= 11 is 0. The summed E-state index contributed by atoms with van der Waals surface area (Å²) in [4.78, 5) is 4.35. The van der Waals surface area contributed by atoms with Crippen molar-refractivity contribution >= 4 is 18.1 Å².